The lowest BCUT2D eigenvalue weighted by Gasteiger charge is -2.25. The topological polar surface area (TPSA) is 23.8 Å². The van der Waals surface area contributed by atoms with Crippen molar-refractivity contribution in [2.75, 3.05) is 0 Å². The lowest BCUT2D eigenvalue weighted by molar-refractivity contribution is 0.337. The summed E-state index contributed by atoms with van der Waals surface area (Å²) in [7, 11) is 0. The Morgan fingerprint density at radius 3 is 1.39 bits per heavy atom. The highest BCUT2D eigenvalue weighted by Gasteiger charge is 2.19. The minimum Gasteiger partial charge on any atom is -0.251 e. The summed E-state index contributed by atoms with van der Waals surface area (Å²) in [6.45, 7) is 6.60. The van der Waals surface area contributed by atoms with Crippen molar-refractivity contribution in [3.05, 3.63) is 0 Å². The first-order valence-electron chi connectivity index (χ1n) is 8.43. The SMILES string of the molecule is CCCCCCCCCCCCC([NH])(CC)CC. The first-order valence-corrected chi connectivity index (χ1v) is 8.43. The van der Waals surface area contributed by atoms with Crippen LogP contribution in [0.3, 0.4) is 0 Å². The third kappa shape index (κ3) is 9.94. The average molecular weight is 254 g/mol. The molecule has 1 heteroatoms. The van der Waals surface area contributed by atoms with Crippen molar-refractivity contribution in [3.63, 3.8) is 0 Å². The summed E-state index contributed by atoms with van der Waals surface area (Å²) in [5, 5.41) is 0. The molecule has 1 N–H and O–H groups in total. The Hall–Kier alpha value is -0.0400. The number of hydrogen-bond acceptors (Lipinski definition) is 0. The standard InChI is InChI=1S/C17H36N/c1-4-7-8-9-10-11-12-13-14-15-16-17(18,5-2)6-3/h18H,4-16H2,1-3H3. The first-order chi connectivity index (χ1) is 8.68. The zero-order valence-electron chi connectivity index (χ0n) is 13.2. The van der Waals surface area contributed by atoms with Crippen molar-refractivity contribution >= 4 is 0 Å². The van der Waals surface area contributed by atoms with Crippen LogP contribution in [-0.2, 0) is 0 Å². The van der Waals surface area contributed by atoms with Gasteiger partial charge in [-0.3, -0.25) is 5.73 Å². The second-order valence-corrected chi connectivity index (χ2v) is 5.92. The lowest BCUT2D eigenvalue weighted by Crippen LogP contribution is -2.28. The third-order valence-electron chi connectivity index (χ3n) is 4.36. The van der Waals surface area contributed by atoms with Gasteiger partial charge in [0.15, 0.2) is 0 Å². The minimum atomic E-state index is -0.125. The molecular formula is C17H36N. The van der Waals surface area contributed by atoms with E-state index in [1.54, 1.807) is 0 Å². The summed E-state index contributed by atoms with van der Waals surface area (Å²) in [6, 6.07) is 0. The second-order valence-electron chi connectivity index (χ2n) is 5.92. The Kier molecular flexibility index (Phi) is 12.0. The molecule has 0 aliphatic rings. The Balaban J connectivity index is 3.21. The monoisotopic (exact) mass is 254 g/mol. The van der Waals surface area contributed by atoms with Crippen LogP contribution in [0.25, 0.3) is 0 Å². The van der Waals surface area contributed by atoms with Gasteiger partial charge < -0.3 is 0 Å². The molecule has 0 amide bonds. The second kappa shape index (κ2) is 12.0. The largest absolute Gasteiger partial charge is 0.251 e. The van der Waals surface area contributed by atoms with E-state index in [9.17, 15) is 0 Å². The number of nitrogens with one attached hydrogen (secondary N) is 1. The molecule has 0 rings (SSSR count). The highest BCUT2D eigenvalue weighted by molar-refractivity contribution is 4.79. The van der Waals surface area contributed by atoms with Crippen LogP contribution >= 0.6 is 0 Å². The van der Waals surface area contributed by atoms with Gasteiger partial charge in [-0.05, 0) is 19.3 Å². The van der Waals surface area contributed by atoms with Gasteiger partial charge >= 0.3 is 0 Å². The van der Waals surface area contributed by atoms with E-state index in [-0.39, 0.29) is 5.54 Å². The molecule has 0 unspecified atom stereocenters. The Labute approximate surface area is 116 Å². The van der Waals surface area contributed by atoms with Gasteiger partial charge in [0.1, 0.15) is 0 Å². The number of rotatable bonds is 13. The highest BCUT2D eigenvalue weighted by Crippen LogP contribution is 2.22. The molecule has 1 radical (unpaired) electrons. The number of unbranched alkanes of at least 4 members (excludes halogenated alkanes) is 9. The molecule has 0 saturated heterocycles. The normalized spacial score (nSPS) is 12.0. The van der Waals surface area contributed by atoms with E-state index in [1.165, 1.54) is 64.2 Å². The smallest absolute Gasteiger partial charge is 0.0318 e. The van der Waals surface area contributed by atoms with E-state index in [0.717, 1.165) is 19.3 Å². The molecule has 0 heterocycles. The van der Waals surface area contributed by atoms with Gasteiger partial charge in [0, 0.05) is 5.54 Å². The molecule has 0 aromatic rings. The Morgan fingerprint density at radius 1 is 0.611 bits per heavy atom. The molecule has 0 aromatic carbocycles. The predicted octanol–water partition coefficient (Wildman–Crippen LogP) is 6.14. The van der Waals surface area contributed by atoms with E-state index in [1.807, 2.05) is 0 Å². The molecule has 0 saturated carbocycles. The zero-order valence-corrected chi connectivity index (χ0v) is 13.2. The van der Waals surface area contributed by atoms with Crippen molar-refractivity contribution in [2.45, 2.75) is 110 Å². The predicted molar refractivity (Wildman–Crippen MR) is 82.9 cm³/mol. The fraction of sp³-hybridized carbons (Fsp3) is 1.00. The number of hydrogen-bond donors (Lipinski definition) is 0. The van der Waals surface area contributed by atoms with Crippen molar-refractivity contribution in [1.29, 1.82) is 0 Å². The highest BCUT2D eigenvalue weighted by atomic mass is 14.7. The maximum Gasteiger partial charge on any atom is 0.0318 e. The molecule has 0 aliphatic heterocycles. The molecule has 0 aromatic heterocycles. The summed E-state index contributed by atoms with van der Waals surface area (Å²) >= 11 is 0. The van der Waals surface area contributed by atoms with Crippen LogP contribution in [0.1, 0.15) is 104 Å². The van der Waals surface area contributed by atoms with Gasteiger partial charge in [0.05, 0.1) is 0 Å². The summed E-state index contributed by atoms with van der Waals surface area (Å²) in [6.07, 6.45) is 17.1. The van der Waals surface area contributed by atoms with Gasteiger partial charge in [-0.1, -0.05) is 85.0 Å². The molecule has 0 atom stereocenters. The molecule has 0 aliphatic carbocycles. The van der Waals surface area contributed by atoms with E-state index in [0.29, 0.717) is 0 Å². The van der Waals surface area contributed by atoms with E-state index in [4.69, 9.17) is 5.73 Å². The Bertz CT molecular complexity index is 161. The summed E-state index contributed by atoms with van der Waals surface area (Å²) < 4.78 is 0. The lowest BCUT2D eigenvalue weighted by atomic mass is 9.88. The van der Waals surface area contributed by atoms with Crippen LogP contribution < -0.4 is 5.73 Å². The molecule has 1 nitrogen and oxygen atoms in total. The van der Waals surface area contributed by atoms with Crippen LogP contribution in [0.2, 0.25) is 0 Å². The van der Waals surface area contributed by atoms with Crippen molar-refractivity contribution < 1.29 is 0 Å². The molecule has 0 spiro atoms. The fourth-order valence-corrected chi connectivity index (χ4v) is 2.55. The van der Waals surface area contributed by atoms with Crippen LogP contribution in [0.15, 0.2) is 0 Å². The van der Waals surface area contributed by atoms with Crippen molar-refractivity contribution in [3.8, 4) is 0 Å². The fourth-order valence-electron chi connectivity index (χ4n) is 2.55. The van der Waals surface area contributed by atoms with Gasteiger partial charge in [0.25, 0.3) is 0 Å². The van der Waals surface area contributed by atoms with E-state index in [2.05, 4.69) is 20.8 Å². The van der Waals surface area contributed by atoms with Gasteiger partial charge in [0.2, 0.25) is 0 Å². The van der Waals surface area contributed by atoms with Crippen LogP contribution in [0, 0.1) is 0 Å². The third-order valence-corrected chi connectivity index (χ3v) is 4.36. The molecular weight excluding hydrogens is 218 g/mol. The van der Waals surface area contributed by atoms with E-state index >= 15 is 0 Å². The van der Waals surface area contributed by atoms with E-state index < -0.39 is 0 Å². The molecule has 18 heavy (non-hydrogen) atoms. The minimum absolute atomic E-state index is 0.125. The summed E-state index contributed by atoms with van der Waals surface area (Å²) in [4.78, 5) is 0. The van der Waals surface area contributed by atoms with Crippen LogP contribution in [-0.4, -0.2) is 5.54 Å². The zero-order chi connectivity index (χ0) is 13.7. The van der Waals surface area contributed by atoms with Crippen LogP contribution in [0.5, 0.6) is 0 Å². The van der Waals surface area contributed by atoms with Gasteiger partial charge in [-0.2, -0.15) is 0 Å². The van der Waals surface area contributed by atoms with Crippen molar-refractivity contribution in [1.82, 2.24) is 5.73 Å². The quantitative estimate of drug-likeness (QED) is 0.353. The maximum absolute atomic E-state index is 8.23. The van der Waals surface area contributed by atoms with Gasteiger partial charge in [-0.25, -0.2) is 0 Å². The average Bonchev–Trinajstić information content (AvgIpc) is 2.40. The van der Waals surface area contributed by atoms with Crippen molar-refractivity contribution in [2.24, 2.45) is 0 Å². The Morgan fingerprint density at radius 2 is 1.00 bits per heavy atom. The maximum atomic E-state index is 8.23. The molecule has 0 bridgehead atoms. The molecule has 0 fully saturated rings. The molecule has 109 valence electrons. The first kappa shape index (κ1) is 18.0. The van der Waals surface area contributed by atoms with Gasteiger partial charge in [-0.15, -0.1) is 0 Å². The summed E-state index contributed by atoms with van der Waals surface area (Å²) in [5.74, 6) is 0. The van der Waals surface area contributed by atoms with Crippen LogP contribution in [0.4, 0.5) is 0 Å². The summed E-state index contributed by atoms with van der Waals surface area (Å²) in [5.41, 5.74) is 8.10.